The lowest BCUT2D eigenvalue weighted by Gasteiger charge is -2.10. The van der Waals surface area contributed by atoms with Gasteiger partial charge in [0.15, 0.2) is 0 Å². The Morgan fingerprint density at radius 2 is 1.38 bits per heavy atom. The van der Waals surface area contributed by atoms with Crippen LogP contribution in [0.4, 0.5) is 0 Å². The number of benzene rings is 2. The van der Waals surface area contributed by atoms with Crippen molar-refractivity contribution in [1.82, 2.24) is 4.72 Å². The fourth-order valence-corrected chi connectivity index (χ4v) is 4.62. The van der Waals surface area contributed by atoms with Crippen molar-refractivity contribution < 1.29 is 8.42 Å². The van der Waals surface area contributed by atoms with Crippen LogP contribution in [0.3, 0.4) is 0 Å². The van der Waals surface area contributed by atoms with Crippen LogP contribution in [0.25, 0.3) is 10.8 Å². The summed E-state index contributed by atoms with van der Waals surface area (Å²) in [5.41, 5.74) is 5.48. The molecular formula is C20H29ClN2O2S. The molecule has 0 aliphatic carbocycles. The minimum Gasteiger partial charge on any atom is -0.330 e. The minimum absolute atomic E-state index is 0.289. The smallest absolute Gasteiger partial charge is 0.241 e. The van der Waals surface area contributed by atoms with Crippen LogP contribution in [-0.4, -0.2) is 21.5 Å². The maximum atomic E-state index is 12.6. The molecule has 144 valence electrons. The third-order valence-electron chi connectivity index (χ3n) is 4.54. The summed E-state index contributed by atoms with van der Waals surface area (Å²) in [5, 5.41) is 1.97. The molecule has 0 spiro atoms. The lowest BCUT2D eigenvalue weighted by molar-refractivity contribution is 0.557. The Morgan fingerprint density at radius 3 is 2.08 bits per heavy atom. The van der Waals surface area contributed by atoms with Crippen molar-refractivity contribution in [2.45, 2.75) is 56.3 Å². The number of nitrogens with one attached hydrogen (secondary N) is 1. The molecule has 2 rings (SSSR count). The van der Waals surface area contributed by atoms with Crippen LogP contribution in [0, 0.1) is 0 Å². The van der Waals surface area contributed by atoms with Gasteiger partial charge in [0.25, 0.3) is 0 Å². The van der Waals surface area contributed by atoms with E-state index in [9.17, 15) is 8.42 Å². The number of sulfonamides is 1. The monoisotopic (exact) mass is 396 g/mol. The first kappa shape index (κ1) is 21.2. The SMILES string of the molecule is NCCCCCCCCCCNS(=O)(=O)c1cccc2c(Cl)cccc12. The van der Waals surface area contributed by atoms with Gasteiger partial charge in [0, 0.05) is 22.3 Å². The third kappa shape index (κ3) is 6.23. The fraction of sp³-hybridized carbons (Fsp3) is 0.500. The number of unbranched alkanes of at least 4 members (excludes halogenated alkanes) is 7. The summed E-state index contributed by atoms with van der Waals surface area (Å²) in [4.78, 5) is 0.289. The largest absolute Gasteiger partial charge is 0.330 e. The number of nitrogens with two attached hydrogens (primary N) is 1. The number of hydrogen-bond donors (Lipinski definition) is 2. The van der Waals surface area contributed by atoms with Gasteiger partial charge in [-0.2, -0.15) is 0 Å². The molecule has 2 aromatic rings. The van der Waals surface area contributed by atoms with E-state index in [-0.39, 0.29) is 4.90 Å². The second-order valence-electron chi connectivity index (χ2n) is 6.61. The Kier molecular flexibility index (Phi) is 8.85. The summed E-state index contributed by atoms with van der Waals surface area (Å²) in [6.45, 7) is 1.25. The second-order valence-corrected chi connectivity index (χ2v) is 8.75. The highest BCUT2D eigenvalue weighted by Gasteiger charge is 2.17. The van der Waals surface area contributed by atoms with Crippen LogP contribution >= 0.6 is 11.6 Å². The van der Waals surface area contributed by atoms with Crippen LogP contribution in [-0.2, 0) is 10.0 Å². The highest BCUT2D eigenvalue weighted by atomic mass is 35.5. The molecule has 0 bridgehead atoms. The lowest BCUT2D eigenvalue weighted by atomic mass is 10.1. The molecule has 3 N–H and O–H groups in total. The van der Waals surface area contributed by atoms with Crippen molar-refractivity contribution in [3.05, 3.63) is 41.4 Å². The quantitative estimate of drug-likeness (QED) is 0.503. The molecule has 26 heavy (non-hydrogen) atoms. The molecule has 6 heteroatoms. The van der Waals surface area contributed by atoms with Crippen molar-refractivity contribution >= 4 is 32.4 Å². The zero-order valence-corrected chi connectivity index (χ0v) is 16.8. The molecular weight excluding hydrogens is 368 g/mol. The van der Waals surface area contributed by atoms with E-state index in [1.54, 1.807) is 30.3 Å². The molecule has 0 saturated heterocycles. The van der Waals surface area contributed by atoms with Gasteiger partial charge in [-0.3, -0.25) is 0 Å². The lowest BCUT2D eigenvalue weighted by Crippen LogP contribution is -2.25. The Labute approximate surface area is 162 Å². The van der Waals surface area contributed by atoms with Crippen LogP contribution in [0.2, 0.25) is 5.02 Å². The van der Waals surface area contributed by atoms with Gasteiger partial charge in [0.2, 0.25) is 10.0 Å². The number of hydrogen-bond acceptors (Lipinski definition) is 3. The Hall–Kier alpha value is -1.14. The van der Waals surface area contributed by atoms with E-state index in [0.29, 0.717) is 17.0 Å². The Balaban J connectivity index is 1.79. The van der Waals surface area contributed by atoms with Gasteiger partial charge in [0.05, 0.1) is 4.90 Å². The normalized spacial score (nSPS) is 11.9. The zero-order valence-electron chi connectivity index (χ0n) is 15.2. The Morgan fingerprint density at radius 1 is 0.808 bits per heavy atom. The number of fused-ring (bicyclic) bond motifs is 1. The van der Waals surface area contributed by atoms with E-state index in [2.05, 4.69) is 4.72 Å². The summed E-state index contributed by atoms with van der Waals surface area (Å²) < 4.78 is 28.0. The summed E-state index contributed by atoms with van der Waals surface area (Å²) in [7, 11) is -3.53. The highest BCUT2D eigenvalue weighted by Crippen LogP contribution is 2.28. The molecule has 2 aromatic carbocycles. The molecule has 0 saturated carbocycles. The van der Waals surface area contributed by atoms with Crippen molar-refractivity contribution in [3.63, 3.8) is 0 Å². The predicted molar refractivity (Wildman–Crippen MR) is 110 cm³/mol. The molecule has 0 fully saturated rings. The molecule has 0 amide bonds. The highest BCUT2D eigenvalue weighted by molar-refractivity contribution is 7.89. The van der Waals surface area contributed by atoms with E-state index in [1.807, 2.05) is 6.07 Å². The summed E-state index contributed by atoms with van der Waals surface area (Å²) in [6.07, 6.45) is 9.06. The van der Waals surface area contributed by atoms with Gasteiger partial charge in [-0.05, 0) is 31.5 Å². The molecule has 0 heterocycles. The van der Waals surface area contributed by atoms with Crippen molar-refractivity contribution in [2.24, 2.45) is 5.73 Å². The standard InChI is InChI=1S/C20H29ClN2O2S/c21-19-13-9-12-18-17(19)11-10-14-20(18)26(24,25)23-16-8-6-4-2-1-3-5-7-15-22/h9-14,23H,1-8,15-16,22H2. The first-order valence-electron chi connectivity index (χ1n) is 9.43. The second kappa shape index (κ2) is 10.9. The average molecular weight is 397 g/mol. The summed E-state index contributed by atoms with van der Waals surface area (Å²) in [5.74, 6) is 0. The van der Waals surface area contributed by atoms with Crippen LogP contribution in [0.5, 0.6) is 0 Å². The van der Waals surface area contributed by atoms with Crippen LogP contribution < -0.4 is 10.5 Å². The average Bonchev–Trinajstić information content (AvgIpc) is 2.63. The molecule has 0 aliphatic heterocycles. The number of halogens is 1. The molecule has 0 radical (unpaired) electrons. The Bertz CT molecular complexity index is 793. The first-order valence-corrected chi connectivity index (χ1v) is 11.3. The molecule has 0 aliphatic rings. The van der Waals surface area contributed by atoms with E-state index < -0.39 is 10.0 Å². The molecule has 0 unspecified atom stereocenters. The first-order chi connectivity index (χ1) is 12.6. The van der Waals surface area contributed by atoms with E-state index in [1.165, 1.54) is 25.7 Å². The van der Waals surface area contributed by atoms with Crippen LogP contribution in [0.1, 0.15) is 51.4 Å². The molecule has 0 atom stereocenters. The van der Waals surface area contributed by atoms with Gasteiger partial charge >= 0.3 is 0 Å². The number of rotatable bonds is 12. The predicted octanol–water partition coefficient (Wildman–Crippen LogP) is 4.85. The van der Waals surface area contributed by atoms with Gasteiger partial charge in [-0.1, -0.05) is 74.4 Å². The van der Waals surface area contributed by atoms with Crippen LogP contribution in [0.15, 0.2) is 41.3 Å². The van der Waals surface area contributed by atoms with Crippen molar-refractivity contribution in [2.75, 3.05) is 13.1 Å². The van der Waals surface area contributed by atoms with E-state index in [0.717, 1.165) is 37.6 Å². The topological polar surface area (TPSA) is 72.2 Å². The minimum atomic E-state index is -3.53. The zero-order chi connectivity index (χ0) is 18.8. The van der Waals surface area contributed by atoms with E-state index >= 15 is 0 Å². The summed E-state index contributed by atoms with van der Waals surface area (Å²) in [6, 6.07) is 10.5. The maximum Gasteiger partial charge on any atom is 0.241 e. The summed E-state index contributed by atoms with van der Waals surface area (Å²) >= 11 is 6.17. The van der Waals surface area contributed by atoms with Crippen molar-refractivity contribution in [3.8, 4) is 0 Å². The van der Waals surface area contributed by atoms with Gasteiger partial charge in [-0.15, -0.1) is 0 Å². The maximum absolute atomic E-state index is 12.6. The third-order valence-corrected chi connectivity index (χ3v) is 6.39. The molecule has 0 aromatic heterocycles. The van der Waals surface area contributed by atoms with E-state index in [4.69, 9.17) is 17.3 Å². The van der Waals surface area contributed by atoms with Gasteiger partial charge in [-0.25, -0.2) is 13.1 Å². The van der Waals surface area contributed by atoms with Crippen molar-refractivity contribution in [1.29, 1.82) is 0 Å². The molecule has 4 nitrogen and oxygen atoms in total. The van der Waals surface area contributed by atoms with Gasteiger partial charge < -0.3 is 5.73 Å². The fourth-order valence-electron chi connectivity index (χ4n) is 3.09. The van der Waals surface area contributed by atoms with Gasteiger partial charge in [0.1, 0.15) is 0 Å².